The van der Waals surface area contributed by atoms with E-state index in [1.807, 2.05) is 19.9 Å². The molecule has 1 aromatic carbocycles. The third kappa shape index (κ3) is 9.75. The van der Waals surface area contributed by atoms with E-state index in [2.05, 4.69) is 6.92 Å². The number of benzene rings is 1. The standard InChI is InChI=1S/C53H78O19/c1-10-25(2)47(60)72-46-44(69-48(61)29-14-12-11-13-15-29)37-33(53(62)21-19-32(26(3)55)52(46,53)7)17-16-30-22-31(18-20-51(30,37)6)67-36-23-34(63-8)42(27(4)65-36)70-50-41(59)45(64-9)43(28(5)66-50)71-49-40(58)39(57)38(56)35(24-54)68-49/h10-15,27-28,30-46,49-50,54,56-59,62H,16-24H2,1-9H3/b25-10+/t27?,28?,30-,31-,32+,33+,34+,35?,36-,37+,38+,39-,40?,41?,42+,43+,44-,45+,46+,49-,50-,51-,52-,53-/m0/s1. The lowest BCUT2D eigenvalue weighted by Crippen LogP contribution is -2.73. The Morgan fingerprint density at radius 1 is 0.750 bits per heavy atom. The second kappa shape index (κ2) is 21.9. The highest BCUT2D eigenvalue weighted by Gasteiger charge is 2.76. The summed E-state index contributed by atoms with van der Waals surface area (Å²) in [5.74, 6) is -2.67. The average molecular weight is 1020 g/mol. The first kappa shape index (κ1) is 55.2. The molecule has 24 atom stereocenters. The van der Waals surface area contributed by atoms with Crippen molar-refractivity contribution in [3.8, 4) is 0 Å². The van der Waals surface area contributed by atoms with Crippen molar-refractivity contribution < 1.29 is 92.4 Å². The molecule has 0 bridgehead atoms. The Balaban J connectivity index is 0.972. The first-order chi connectivity index (χ1) is 34.2. The molecule has 3 heterocycles. The summed E-state index contributed by atoms with van der Waals surface area (Å²) in [6, 6.07) is 8.68. The number of carbonyl (C=O) groups is 3. The van der Waals surface area contributed by atoms with Gasteiger partial charge in [0.1, 0.15) is 66.8 Å². The minimum atomic E-state index is -1.68. The SMILES string of the molecule is C/C=C(\C)C(=O)O[C@@H]1[C@@H](OC(=O)c2ccccc2)[C@H]2[C@@H](CC[C@H]3C[C@@H](O[C@H]4C[C@@H](OC)[C@H](O[C@@H]5OC(C)[C@@H](O[C@@H]6OC(CO)[C@@H](O)[C@H](O)C6O)[C@H](OC)C5O)C(C)O4)CC[C@@]32C)[C@@]2(O)CC[C@H](C(C)=O)[C@@]12C. The van der Waals surface area contributed by atoms with Crippen LogP contribution in [0.15, 0.2) is 42.0 Å². The Kier molecular flexibility index (Phi) is 16.8. The molecule has 6 N–H and O–H groups in total. The molecule has 19 heteroatoms. The summed E-state index contributed by atoms with van der Waals surface area (Å²) in [6.45, 7) is 11.8. The number of carbonyl (C=O) groups excluding carboxylic acids is 3. The molecule has 4 aliphatic carbocycles. The molecule has 404 valence electrons. The normalized spacial score (nSPS) is 47.4. The molecule has 3 saturated heterocycles. The van der Waals surface area contributed by atoms with E-state index in [0.717, 1.165) is 6.42 Å². The number of Topliss-reactive ketones (excluding diaryl/α,β-unsaturated/α-hetero) is 1. The number of hydrogen-bond acceptors (Lipinski definition) is 19. The molecule has 0 amide bonds. The van der Waals surface area contributed by atoms with Gasteiger partial charge in [-0.2, -0.15) is 0 Å². The number of ketones is 1. The molecule has 0 radical (unpaired) electrons. The maximum Gasteiger partial charge on any atom is 0.338 e. The van der Waals surface area contributed by atoms with E-state index in [4.69, 9.17) is 47.4 Å². The van der Waals surface area contributed by atoms with Gasteiger partial charge >= 0.3 is 11.9 Å². The largest absolute Gasteiger partial charge is 0.454 e. The Hall–Kier alpha value is -2.99. The van der Waals surface area contributed by atoms with Crippen LogP contribution in [0.3, 0.4) is 0 Å². The third-order valence-corrected chi connectivity index (χ3v) is 18.3. The van der Waals surface area contributed by atoms with E-state index < -0.39 is 145 Å². The van der Waals surface area contributed by atoms with Gasteiger partial charge in [-0.25, -0.2) is 9.59 Å². The highest BCUT2D eigenvalue weighted by molar-refractivity contribution is 5.90. The van der Waals surface area contributed by atoms with Crippen molar-refractivity contribution in [2.45, 2.75) is 210 Å². The number of esters is 2. The molecule has 3 aliphatic heterocycles. The van der Waals surface area contributed by atoms with Gasteiger partial charge in [-0.3, -0.25) is 4.79 Å². The second-order valence-corrected chi connectivity index (χ2v) is 22.0. The topological polar surface area (TPSA) is 265 Å². The molecule has 0 aromatic heterocycles. The summed E-state index contributed by atoms with van der Waals surface area (Å²) in [4.78, 5) is 41.6. The van der Waals surface area contributed by atoms with Crippen molar-refractivity contribution in [2.75, 3.05) is 20.8 Å². The maximum atomic E-state index is 14.2. The minimum absolute atomic E-state index is 0.0477. The molecule has 4 saturated carbocycles. The Bertz CT molecular complexity index is 2090. The number of methoxy groups -OCH3 is 2. The predicted molar refractivity (Wildman–Crippen MR) is 252 cm³/mol. The quantitative estimate of drug-likeness (QED) is 0.0889. The van der Waals surface area contributed by atoms with Crippen LogP contribution in [0.25, 0.3) is 0 Å². The molecular formula is C53H78O19. The molecular weight excluding hydrogens is 941 g/mol. The van der Waals surface area contributed by atoms with Crippen LogP contribution in [0.2, 0.25) is 0 Å². The summed E-state index contributed by atoms with van der Waals surface area (Å²) < 4.78 is 62.2. The molecule has 5 unspecified atom stereocenters. The van der Waals surface area contributed by atoms with Crippen molar-refractivity contribution in [3.63, 3.8) is 0 Å². The number of aliphatic hydroxyl groups excluding tert-OH is 5. The van der Waals surface area contributed by atoms with Crippen molar-refractivity contribution in [3.05, 3.63) is 47.5 Å². The predicted octanol–water partition coefficient (Wildman–Crippen LogP) is 2.90. The van der Waals surface area contributed by atoms with Crippen LogP contribution in [0, 0.1) is 34.5 Å². The van der Waals surface area contributed by atoms with E-state index in [-0.39, 0.29) is 30.1 Å². The zero-order chi connectivity index (χ0) is 52.2. The first-order valence-electron chi connectivity index (χ1n) is 25.8. The fourth-order valence-electron chi connectivity index (χ4n) is 14.2. The number of fused-ring (bicyclic) bond motifs is 5. The Labute approximate surface area is 421 Å². The van der Waals surface area contributed by atoms with Gasteiger partial charge in [0.05, 0.1) is 42.2 Å². The van der Waals surface area contributed by atoms with Gasteiger partial charge in [0, 0.05) is 43.5 Å². The summed E-state index contributed by atoms with van der Waals surface area (Å²) >= 11 is 0. The van der Waals surface area contributed by atoms with Gasteiger partial charge < -0.3 is 78.0 Å². The Morgan fingerprint density at radius 3 is 2.08 bits per heavy atom. The summed E-state index contributed by atoms with van der Waals surface area (Å²) in [6.07, 6.45) is -12.2. The van der Waals surface area contributed by atoms with Gasteiger partial charge in [0.2, 0.25) is 0 Å². The summed E-state index contributed by atoms with van der Waals surface area (Å²) in [7, 11) is 2.92. The van der Waals surface area contributed by atoms with Gasteiger partial charge in [0.15, 0.2) is 18.9 Å². The highest BCUT2D eigenvalue weighted by atomic mass is 16.8. The third-order valence-electron chi connectivity index (χ3n) is 18.3. The smallest absolute Gasteiger partial charge is 0.338 e. The van der Waals surface area contributed by atoms with Crippen LogP contribution in [0.1, 0.15) is 110 Å². The van der Waals surface area contributed by atoms with E-state index >= 15 is 0 Å². The molecule has 1 aromatic rings. The van der Waals surface area contributed by atoms with Crippen LogP contribution in [0.4, 0.5) is 0 Å². The van der Waals surface area contributed by atoms with Gasteiger partial charge in [-0.1, -0.05) is 38.1 Å². The van der Waals surface area contributed by atoms with Crippen LogP contribution in [-0.2, 0) is 57.0 Å². The van der Waals surface area contributed by atoms with Crippen molar-refractivity contribution in [2.24, 2.45) is 34.5 Å². The fraction of sp³-hybridized carbons (Fsp3) is 0.792. The van der Waals surface area contributed by atoms with Crippen LogP contribution in [0.5, 0.6) is 0 Å². The Morgan fingerprint density at radius 2 is 1.43 bits per heavy atom. The average Bonchev–Trinajstić information content (AvgIpc) is 3.65. The number of hydrogen-bond donors (Lipinski definition) is 6. The fourth-order valence-corrected chi connectivity index (χ4v) is 14.2. The summed E-state index contributed by atoms with van der Waals surface area (Å²) in [5.41, 5.74) is -2.46. The molecule has 7 fully saturated rings. The van der Waals surface area contributed by atoms with Crippen molar-refractivity contribution in [1.29, 1.82) is 0 Å². The van der Waals surface area contributed by atoms with E-state index in [0.29, 0.717) is 49.7 Å². The number of ether oxygens (including phenoxy) is 10. The van der Waals surface area contributed by atoms with E-state index in [1.54, 1.807) is 58.2 Å². The van der Waals surface area contributed by atoms with E-state index in [1.165, 1.54) is 14.0 Å². The number of rotatable bonds is 14. The number of allylic oxidation sites excluding steroid dienone is 1. The van der Waals surface area contributed by atoms with Crippen LogP contribution >= 0.6 is 0 Å². The molecule has 19 nitrogen and oxygen atoms in total. The van der Waals surface area contributed by atoms with Crippen LogP contribution < -0.4 is 0 Å². The van der Waals surface area contributed by atoms with Gasteiger partial charge in [-0.05, 0) is 109 Å². The monoisotopic (exact) mass is 1020 g/mol. The molecule has 7 aliphatic rings. The lowest BCUT2D eigenvalue weighted by Gasteiger charge is -2.66. The minimum Gasteiger partial charge on any atom is -0.454 e. The van der Waals surface area contributed by atoms with Crippen molar-refractivity contribution in [1.82, 2.24) is 0 Å². The maximum absolute atomic E-state index is 14.2. The lowest BCUT2D eigenvalue weighted by molar-refractivity contribution is -0.371. The summed E-state index contributed by atoms with van der Waals surface area (Å²) in [5, 5.41) is 65.7. The number of aliphatic hydroxyl groups is 6. The molecule has 8 rings (SSSR count). The van der Waals surface area contributed by atoms with Crippen molar-refractivity contribution >= 4 is 17.7 Å². The zero-order valence-electron chi connectivity index (χ0n) is 42.9. The molecule has 0 spiro atoms. The highest BCUT2D eigenvalue weighted by Crippen LogP contribution is 2.70. The van der Waals surface area contributed by atoms with E-state index in [9.17, 15) is 45.0 Å². The lowest BCUT2D eigenvalue weighted by atomic mass is 9.41. The van der Waals surface area contributed by atoms with Gasteiger partial charge in [0.25, 0.3) is 0 Å². The van der Waals surface area contributed by atoms with Gasteiger partial charge in [-0.15, -0.1) is 0 Å². The molecule has 72 heavy (non-hydrogen) atoms. The van der Waals surface area contributed by atoms with Crippen LogP contribution in [-0.4, -0.2) is 179 Å². The second-order valence-electron chi connectivity index (χ2n) is 22.0. The zero-order valence-corrected chi connectivity index (χ0v) is 42.9. The first-order valence-corrected chi connectivity index (χ1v) is 25.8.